The summed E-state index contributed by atoms with van der Waals surface area (Å²) in [6, 6.07) is 7.74. The Labute approximate surface area is 193 Å². The standard InChI is InChI=1S/C25H29N5O3/c1-32-18-6-4-5-17(15-18)24-25(27-12-11-26-24)22-16-30(13-14-33-22)23(31)10-9-21-19-7-2-3-8-20(19)28-29-21/h4-6,11-12,15,22H,2-3,7-10,13-14,16H2,1H3,(H,28,29)/t22-/m1/s1. The van der Waals surface area contributed by atoms with Gasteiger partial charge in [-0.15, -0.1) is 0 Å². The lowest BCUT2D eigenvalue weighted by Crippen LogP contribution is -2.42. The van der Waals surface area contributed by atoms with Gasteiger partial charge in [-0.3, -0.25) is 19.9 Å². The fraction of sp³-hybridized carbons (Fsp3) is 0.440. The van der Waals surface area contributed by atoms with Crippen molar-refractivity contribution < 1.29 is 14.3 Å². The molecule has 5 rings (SSSR count). The van der Waals surface area contributed by atoms with Crippen LogP contribution in [0.15, 0.2) is 36.7 Å². The molecule has 1 aliphatic carbocycles. The lowest BCUT2D eigenvalue weighted by atomic mass is 9.94. The Morgan fingerprint density at radius 3 is 3.03 bits per heavy atom. The molecule has 1 atom stereocenters. The Bertz CT molecular complexity index is 1130. The molecule has 1 amide bonds. The molecule has 0 bridgehead atoms. The van der Waals surface area contributed by atoms with E-state index >= 15 is 0 Å². The quantitative estimate of drug-likeness (QED) is 0.623. The van der Waals surface area contributed by atoms with Gasteiger partial charge >= 0.3 is 0 Å². The number of aryl methyl sites for hydroxylation is 2. The Morgan fingerprint density at radius 1 is 1.24 bits per heavy atom. The monoisotopic (exact) mass is 447 g/mol. The first-order chi connectivity index (χ1) is 16.2. The minimum atomic E-state index is -0.323. The topological polar surface area (TPSA) is 93.2 Å². The molecule has 1 saturated heterocycles. The van der Waals surface area contributed by atoms with Crippen molar-refractivity contribution >= 4 is 5.91 Å². The van der Waals surface area contributed by atoms with Crippen molar-refractivity contribution in [2.24, 2.45) is 0 Å². The molecule has 0 radical (unpaired) electrons. The molecule has 3 aromatic rings. The molecule has 0 spiro atoms. The van der Waals surface area contributed by atoms with E-state index in [1.165, 1.54) is 24.1 Å². The minimum Gasteiger partial charge on any atom is -0.497 e. The molecule has 1 N–H and O–H groups in total. The van der Waals surface area contributed by atoms with Crippen molar-refractivity contribution in [2.45, 2.75) is 44.6 Å². The van der Waals surface area contributed by atoms with E-state index in [1.807, 2.05) is 29.2 Å². The second-order valence-electron chi connectivity index (χ2n) is 8.56. The number of aromatic nitrogens is 4. The van der Waals surface area contributed by atoms with Crippen molar-refractivity contribution in [2.75, 3.05) is 26.8 Å². The zero-order chi connectivity index (χ0) is 22.6. The van der Waals surface area contributed by atoms with Gasteiger partial charge in [0.2, 0.25) is 5.91 Å². The molecule has 2 aromatic heterocycles. The maximum Gasteiger partial charge on any atom is 0.223 e. The molecule has 1 aliphatic heterocycles. The van der Waals surface area contributed by atoms with Crippen LogP contribution in [0.2, 0.25) is 0 Å². The number of carbonyl (C=O) groups is 1. The summed E-state index contributed by atoms with van der Waals surface area (Å²) in [7, 11) is 1.64. The first-order valence-corrected chi connectivity index (χ1v) is 11.6. The third-order valence-electron chi connectivity index (χ3n) is 6.51. The van der Waals surface area contributed by atoms with Crippen LogP contribution >= 0.6 is 0 Å². The van der Waals surface area contributed by atoms with Gasteiger partial charge < -0.3 is 14.4 Å². The van der Waals surface area contributed by atoms with Crippen LogP contribution in [0.1, 0.15) is 48.0 Å². The molecule has 8 heteroatoms. The average Bonchev–Trinajstić information content (AvgIpc) is 3.30. The van der Waals surface area contributed by atoms with E-state index in [2.05, 4.69) is 20.2 Å². The summed E-state index contributed by atoms with van der Waals surface area (Å²) in [6.07, 6.45) is 8.69. The number of hydrogen-bond acceptors (Lipinski definition) is 6. The molecular formula is C25H29N5O3. The summed E-state index contributed by atoms with van der Waals surface area (Å²) in [5.74, 6) is 0.883. The van der Waals surface area contributed by atoms with E-state index < -0.39 is 0 Å². The van der Waals surface area contributed by atoms with E-state index in [4.69, 9.17) is 9.47 Å². The smallest absolute Gasteiger partial charge is 0.223 e. The summed E-state index contributed by atoms with van der Waals surface area (Å²) >= 11 is 0. The van der Waals surface area contributed by atoms with Gasteiger partial charge in [-0.1, -0.05) is 12.1 Å². The molecule has 0 saturated carbocycles. The summed E-state index contributed by atoms with van der Waals surface area (Å²) in [4.78, 5) is 24.1. The van der Waals surface area contributed by atoms with Crippen LogP contribution in [-0.2, 0) is 28.8 Å². The Hall–Kier alpha value is -3.26. The third-order valence-corrected chi connectivity index (χ3v) is 6.51. The molecule has 172 valence electrons. The van der Waals surface area contributed by atoms with Gasteiger partial charge in [0.1, 0.15) is 11.9 Å². The Kier molecular flexibility index (Phi) is 6.35. The number of nitrogens with zero attached hydrogens (tertiary/aromatic N) is 4. The van der Waals surface area contributed by atoms with E-state index in [-0.39, 0.29) is 12.0 Å². The first kappa shape index (κ1) is 21.6. The van der Waals surface area contributed by atoms with Crippen molar-refractivity contribution in [3.8, 4) is 17.0 Å². The predicted octanol–water partition coefficient (Wildman–Crippen LogP) is 3.29. The largest absolute Gasteiger partial charge is 0.497 e. The van der Waals surface area contributed by atoms with Crippen LogP contribution in [0.4, 0.5) is 0 Å². The molecule has 33 heavy (non-hydrogen) atoms. The zero-order valence-electron chi connectivity index (χ0n) is 18.9. The maximum absolute atomic E-state index is 13.1. The van der Waals surface area contributed by atoms with Crippen LogP contribution in [-0.4, -0.2) is 57.8 Å². The van der Waals surface area contributed by atoms with E-state index in [1.54, 1.807) is 19.5 Å². The summed E-state index contributed by atoms with van der Waals surface area (Å²) < 4.78 is 11.4. The van der Waals surface area contributed by atoms with Gasteiger partial charge in [-0.25, -0.2) is 0 Å². The van der Waals surface area contributed by atoms with Crippen molar-refractivity contribution in [1.29, 1.82) is 0 Å². The number of amides is 1. The number of methoxy groups -OCH3 is 1. The number of fused-ring (bicyclic) bond motifs is 1. The highest BCUT2D eigenvalue weighted by molar-refractivity contribution is 5.76. The summed E-state index contributed by atoms with van der Waals surface area (Å²) in [6.45, 7) is 1.53. The molecular weight excluding hydrogens is 418 g/mol. The highest BCUT2D eigenvalue weighted by Gasteiger charge is 2.29. The number of aromatic amines is 1. The molecule has 1 fully saturated rings. The van der Waals surface area contributed by atoms with Crippen molar-refractivity contribution in [1.82, 2.24) is 25.1 Å². The number of rotatable bonds is 6. The van der Waals surface area contributed by atoms with Crippen LogP contribution < -0.4 is 4.74 Å². The van der Waals surface area contributed by atoms with Gasteiger partial charge in [0.25, 0.3) is 0 Å². The van der Waals surface area contributed by atoms with Gasteiger partial charge in [-0.2, -0.15) is 5.10 Å². The number of hydrogen-bond donors (Lipinski definition) is 1. The number of H-pyrrole nitrogens is 1. The molecule has 8 nitrogen and oxygen atoms in total. The minimum absolute atomic E-state index is 0.127. The third kappa shape index (κ3) is 4.61. The number of nitrogens with one attached hydrogen (secondary N) is 1. The fourth-order valence-electron chi connectivity index (χ4n) is 4.76. The van der Waals surface area contributed by atoms with Gasteiger partial charge in [0, 0.05) is 43.0 Å². The number of benzene rings is 1. The fourth-order valence-corrected chi connectivity index (χ4v) is 4.76. The first-order valence-electron chi connectivity index (χ1n) is 11.6. The zero-order valence-corrected chi connectivity index (χ0v) is 18.9. The van der Waals surface area contributed by atoms with Gasteiger partial charge in [-0.05, 0) is 43.4 Å². The van der Waals surface area contributed by atoms with E-state index in [9.17, 15) is 4.79 Å². The SMILES string of the molecule is COc1cccc(-c2nccnc2[C@H]2CN(C(=O)CCc3n[nH]c4c3CCCC4)CCO2)c1. The van der Waals surface area contributed by atoms with Crippen LogP contribution in [0.5, 0.6) is 5.75 Å². The molecule has 2 aliphatic rings. The summed E-state index contributed by atoms with van der Waals surface area (Å²) in [5, 5.41) is 7.66. The molecule has 0 unspecified atom stereocenters. The molecule has 1 aromatic carbocycles. The lowest BCUT2D eigenvalue weighted by molar-refractivity contribution is -0.139. The maximum atomic E-state index is 13.1. The normalized spacial score (nSPS) is 18.1. The second-order valence-corrected chi connectivity index (χ2v) is 8.56. The van der Waals surface area contributed by atoms with E-state index in [0.717, 1.165) is 41.2 Å². The number of morpholine rings is 1. The average molecular weight is 448 g/mol. The highest BCUT2D eigenvalue weighted by Crippen LogP contribution is 2.31. The van der Waals surface area contributed by atoms with E-state index in [0.29, 0.717) is 32.5 Å². The second kappa shape index (κ2) is 9.70. The number of ether oxygens (including phenoxy) is 2. The Morgan fingerprint density at radius 2 is 2.12 bits per heavy atom. The van der Waals surface area contributed by atoms with Crippen LogP contribution in [0, 0.1) is 0 Å². The predicted molar refractivity (Wildman–Crippen MR) is 123 cm³/mol. The Balaban J connectivity index is 1.28. The van der Waals surface area contributed by atoms with Gasteiger partial charge in [0.05, 0.1) is 37.3 Å². The number of carbonyl (C=O) groups excluding carboxylic acids is 1. The summed E-state index contributed by atoms with van der Waals surface area (Å²) in [5.41, 5.74) is 6.03. The van der Waals surface area contributed by atoms with Crippen LogP contribution in [0.25, 0.3) is 11.3 Å². The van der Waals surface area contributed by atoms with Crippen molar-refractivity contribution in [3.63, 3.8) is 0 Å². The van der Waals surface area contributed by atoms with Crippen molar-refractivity contribution in [3.05, 3.63) is 59.3 Å². The van der Waals surface area contributed by atoms with Crippen LogP contribution in [0.3, 0.4) is 0 Å². The van der Waals surface area contributed by atoms with Gasteiger partial charge in [0.15, 0.2) is 0 Å². The lowest BCUT2D eigenvalue weighted by Gasteiger charge is -2.33. The highest BCUT2D eigenvalue weighted by atomic mass is 16.5. The molecule has 3 heterocycles.